The number of aryl methyl sites for hydroxylation is 2. The van der Waals surface area contributed by atoms with Gasteiger partial charge in [-0.25, -0.2) is 0 Å². The monoisotopic (exact) mass is 551 g/mol. The maximum Gasteiger partial charge on any atom is 0.260 e. The molecule has 5 rings (SSSR count). The summed E-state index contributed by atoms with van der Waals surface area (Å²) in [6.07, 6.45) is 1.48. The van der Waals surface area contributed by atoms with Crippen molar-refractivity contribution >= 4 is 61.8 Å². The van der Waals surface area contributed by atoms with Crippen molar-refractivity contribution in [2.45, 2.75) is 33.6 Å². The van der Waals surface area contributed by atoms with Gasteiger partial charge in [-0.1, -0.05) is 50.2 Å². The number of nitrogens with one attached hydrogen (secondary N) is 2. The van der Waals surface area contributed by atoms with Crippen molar-refractivity contribution in [2.75, 3.05) is 16.4 Å². The summed E-state index contributed by atoms with van der Waals surface area (Å²) in [4.78, 5) is 39.4. The molecule has 0 saturated heterocycles. The minimum Gasteiger partial charge on any atom is -0.453 e. The largest absolute Gasteiger partial charge is 0.453 e. The predicted octanol–water partition coefficient (Wildman–Crippen LogP) is 7.63. The van der Waals surface area contributed by atoms with Crippen LogP contribution in [-0.2, 0) is 12.8 Å². The SMILES string of the molecule is CCc1cccc(CC)c1NC(=O)c1c(Nc2ccc(C(C)=O)cc2)sc(C(=O)c2cc3ccccc3o2)c1N. The number of furan rings is 1. The van der Waals surface area contributed by atoms with Gasteiger partial charge in [-0.3, -0.25) is 14.4 Å². The van der Waals surface area contributed by atoms with Gasteiger partial charge in [0.2, 0.25) is 5.78 Å². The molecular weight excluding hydrogens is 522 g/mol. The summed E-state index contributed by atoms with van der Waals surface area (Å²) in [7, 11) is 0. The fourth-order valence-corrected chi connectivity index (χ4v) is 5.71. The van der Waals surface area contributed by atoms with Crippen LogP contribution in [0.3, 0.4) is 0 Å². The van der Waals surface area contributed by atoms with E-state index in [9.17, 15) is 14.4 Å². The molecule has 40 heavy (non-hydrogen) atoms. The average Bonchev–Trinajstić information content (AvgIpc) is 3.54. The molecule has 0 bridgehead atoms. The zero-order valence-corrected chi connectivity index (χ0v) is 23.3. The molecule has 0 spiro atoms. The normalized spacial score (nSPS) is 11.0. The maximum absolute atomic E-state index is 13.8. The van der Waals surface area contributed by atoms with E-state index >= 15 is 0 Å². The van der Waals surface area contributed by atoms with E-state index in [-0.39, 0.29) is 27.7 Å². The van der Waals surface area contributed by atoms with Gasteiger partial charge in [0.15, 0.2) is 11.5 Å². The molecule has 0 aliphatic carbocycles. The lowest BCUT2D eigenvalue weighted by Crippen LogP contribution is -2.17. The van der Waals surface area contributed by atoms with Gasteiger partial charge in [0.1, 0.15) is 15.5 Å². The predicted molar refractivity (Wildman–Crippen MR) is 161 cm³/mol. The number of Topliss-reactive ketones (excluding diaryl/α,β-unsaturated/α-hetero) is 1. The fraction of sp³-hybridized carbons (Fsp3) is 0.156. The van der Waals surface area contributed by atoms with Gasteiger partial charge in [-0.15, -0.1) is 11.3 Å². The van der Waals surface area contributed by atoms with Crippen molar-refractivity contribution in [3.63, 3.8) is 0 Å². The van der Waals surface area contributed by atoms with Gasteiger partial charge >= 0.3 is 0 Å². The van der Waals surface area contributed by atoms with Gasteiger partial charge < -0.3 is 20.8 Å². The van der Waals surface area contributed by atoms with Gasteiger partial charge in [-0.2, -0.15) is 0 Å². The Morgan fingerprint density at radius 2 is 1.57 bits per heavy atom. The second-order valence-electron chi connectivity index (χ2n) is 9.40. The first-order valence-electron chi connectivity index (χ1n) is 13.1. The van der Waals surface area contributed by atoms with Gasteiger partial charge in [0, 0.05) is 22.3 Å². The number of hydrogen-bond acceptors (Lipinski definition) is 7. The molecule has 0 aliphatic heterocycles. The van der Waals surface area contributed by atoms with Crippen molar-refractivity contribution in [3.05, 3.63) is 106 Å². The third-order valence-corrected chi connectivity index (χ3v) is 7.93. The molecule has 2 heterocycles. The van der Waals surface area contributed by atoms with Crippen LogP contribution in [0.25, 0.3) is 11.0 Å². The number of thiophene rings is 1. The second-order valence-corrected chi connectivity index (χ2v) is 10.4. The number of amides is 1. The quantitative estimate of drug-likeness (QED) is 0.162. The summed E-state index contributed by atoms with van der Waals surface area (Å²) in [5, 5.41) is 7.52. The zero-order chi connectivity index (χ0) is 28.4. The number of anilines is 4. The van der Waals surface area contributed by atoms with Crippen molar-refractivity contribution < 1.29 is 18.8 Å². The number of rotatable bonds is 9. The molecule has 0 saturated carbocycles. The first-order chi connectivity index (χ1) is 19.3. The van der Waals surface area contributed by atoms with Gasteiger partial charge in [-0.05, 0) is 67.3 Å². The molecule has 5 aromatic rings. The molecule has 8 heteroatoms. The lowest BCUT2D eigenvalue weighted by atomic mass is 10.0. The minimum absolute atomic E-state index is 0.0491. The van der Waals surface area contributed by atoms with E-state index in [0.29, 0.717) is 21.8 Å². The van der Waals surface area contributed by atoms with Gasteiger partial charge in [0.25, 0.3) is 5.91 Å². The summed E-state index contributed by atoms with van der Waals surface area (Å²) in [6.45, 7) is 5.57. The minimum atomic E-state index is -0.420. The molecule has 0 fully saturated rings. The Morgan fingerprint density at radius 3 is 2.20 bits per heavy atom. The number of carbonyl (C=O) groups is 3. The highest BCUT2D eigenvalue weighted by molar-refractivity contribution is 7.19. The topological polar surface area (TPSA) is 114 Å². The van der Waals surface area contributed by atoms with Crippen LogP contribution in [0.15, 0.2) is 77.2 Å². The summed E-state index contributed by atoms with van der Waals surface area (Å²) in [5.41, 5.74) is 11.4. The van der Waals surface area contributed by atoms with Crippen LogP contribution in [0.1, 0.15) is 68.0 Å². The van der Waals surface area contributed by atoms with E-state index in [1.807, 2.05) is 50.2 Å². The highest BCUT2D eigenvalue weighted by Gasteiger charge is 2.29. The van der Waals surface area contributed by atoms with E-state index < -0.39 is 11.7 Å². The lowest BCUT2D eigenvalue weighted by molar-refractivity contribution is 0.101. The van der Waals surface area contributed by atoms with E-state index in [1.165, 1.54) is 6.92 Å². The Labute approximate surface area is 236 Å². The van der Waals surface area contributed by atoms with Crippen molar-refractivity contribution in [1.82, 2.24) is 0 Å². The molecule has 0 aliphatic rings. The summed E-state index contributed by atoms with van der Waals surface area (Å²) < 4.78 is 5.81. The molecule has 0 unspecified atom stereocenters. The molecule has 2 aromatic heterocycles. The first-order valence-corrected chi connectivity index (χ1v) is 13.9. The molecule has 7 nitrogen and oxygen atoms in total. The second kappa shape index (κ2) is 11.2. The lowest BCUT2D eigenvalue weighted by Gasteiger charge is -2.15. The molecule has 0 atom stereocenters. The highest BCUT2D eigenvalue weighted by Crippen LogP contribution is 2.40. The van der Waals surface area contributed by atoms with E-state index in [1.54, 1.807) is 36.4 Å². The average molecular weight is 552 g/mol. The van der Waals surface area contributed by atoms with E-state index in [2.05, 4.69) is 10.6 Å². The van der Waals surface area contributed by atoms with Gasteiger partial charge in [0.05, 0.1) is 11.3 Å². The first kappa shape index (κ1) is 26.9. The Morgan fingerprint density at radius 1 is 0.900 bits per heavy atom. The smallest absolute Gasteiger partial charge is 0.260 e. The molecule has 0 radical (unpaired) electrons. The number of fused-ring (bicyclic) bond motifs is 1. The Bertz CT molecular complexity index is 1690. The van der Waals surface area contributed by atoms with Crippen LogP contribution in [-0.4, -0.2) is 17.5 Å². The highest BCUT2D eigenvalue weighted by atomic mass is 32.1. The number of ketones is 2. The number of nitrogen functional groups attached to an aromatic ring is 1. The fourth-order valence-electron chi connectivity index (χ4n) is 4.63. The Kier molecular flexibility index (Phi) is 7.53. The Balaban J connectivity index is 1.57. The zero-order valence-electron chi connectivity index (χ0n) is 22.5. The number of benzene rings is 3. The number of carbonyl (C=O) groups excluding carboxylic acids is 3. The van der Waals surface area contributed by atoms with Crippen LogP contribution >= 0.6 is 11.3 Å². The van der Waals surface area contributed by atoms with E-state index in [4.69, 9.17) is 10.2 Å². The molecular formula is C32H29N3O4S. The van der Waals surface area contributed by atoms with E-state index in [0.717, 1.165) is 46.4 Å². The number of para-hydroxylation sites is 2. The molecule has 3 aromatic carbocycles. The third-order valence-electron chi connectivity index (χ3n) is 6.81. The Hall–Kier alpha value is -4.69. The molecule has 4 N–H and O–H groups in total. The van der Waals surface area contributed by atoms with Crippen LogP contribution in [0, 0.1) is 0 Å². The maximum atomic E-state index is 13.8. The van der Waals surface area contributed by atoms with Crippen LogP contribution in [0.5, 0.6) is 0 Å². The third kappa shape index (κ3) is 5.13. The summed E-state index contributed by atoms with van der Waals surface area (Å²) in [6, 6.07) is 21.9. The van der Waals surface area contributed by atoms with Crippen LogP contribution < -0.4 is 16.4 Å². The summed E-state index contributed by atoms with van der Waals surface area (Å²) >= 11 is 1.09. The molecule has 1 amide bonds. The van der Waals surface area contributed by atoms with Crippen LogP contribution in [0.2, 0.25) is 0 Å². The summed E-state index contributed by atoms with van der Waals surface area (Å²) in [5.74, 6) is -0.734. The number of hydrogen-bond donors (Lipinski definition) is 3. The van der Waals surface area contributed by atoms with Crippen molar-refractivity contribution in [2.24, 2.45) is 0 Å². The van der Waals surface area contributed by atoms with Crippen LogP contribution in [0.4, 0.5) is 22.1 Å². The standard InChI is InChI=1S/C32H29N3O4S/c1-4-19-10-8-11-20(5-2)28(19)35-31(38)26-27(33)30(29(37)25-17-22-9-6-7-12-24(22)39-25)40-32(26)34-23-15-13-21(14-16-23)18(3)36/h6-17,34H,4-5,33H2,1-3H3,(H,35,38). The molecule has 202 valence electrons. The van der Waals surface area contributed by atoms with Crippen molar-refractivity contribution in [3.8, 4) is 0 Å². The number of nitrogens with two attached hydrogens (primary N) is 1. The van der Waals surface area contributed by atoms with Crippen molar-refractivity contribution in [1.29, 1.82) is 0 Å².